The number of anilines is 1. The predicted octanol–water partition coefficient (Wildman–Crippen LogP) is 4.02. The van der Waals surface area contributed by atoms with Gasteiger partial charge >= 0.3 is 0 Å². The number of rotatable bonds is 9. The van der Waals surface area contributed by atoms with Crippen molar-refractivity contribution < 1.29 is 19.1 Å². The van der Waals surface area contributed by atoms with Crippen molar-refractivity contribution in [3.05, 3.63) is 95.6 Å². The number of amides is 3. The zero-order valence-electron chi connectivity index (χ0n) is 19.5. The first kappa shape index (κ1) is 24.5. The van der Waals surface area contributed by atoms with E-state index in [4.69, 9.17) is 4.74 Å². The van der Waals surface area contributed by atoms with Crippen LogP contribution in [0.1, 0.15) is 40.1 Å². The highest BCUT2D eigenvalue weighted by Gasteiger charge is 2.25. The molecule has 0 bridgehead atoms. The van der Waals surface area contributed by atoms with Gasteiger partial charge in [-0.3, -0.25) is 14.4 Å². The van der Waals surface area contributed by atoms with Crippen LogP contribution in [-0.4, -0.2) is 30.9 Å². The largest absolute Gasteiger partial charge is 0.497 e. The highest BCUT2D eigenvalue weighted by atomic mass is 16.5. The van der Waals surface area contributed by atoms with Crippen LogP contribution in [0.25, 0.3) is 0 Å². The Labute approximate surface area is 199 Å². The molecule has 0 fully saturated rings. The molecule has 7 heteroatoms. The predicted molar refractivity (Wildman–Crippen MR) is 132 cm³/mol. The quantitative estimate of drug-likeness (QED) is 0.450. The molecule has 1 atom stereocenters. The summed E-state index contributed by atoms with van der Waals surface area (Å²) in [6, 6.07) is 22.2. The number of benzene rings is 3. The van der Waals surface area contributed by atoms with Crippen LogP contribution in [0.3, 0.4) is 0 Å². The molecule has 0 spiro atoms. The number of carbonyl (C=O) groups is 3. The molecule has 0 saturated heterocycles. The summed E-state index contributed by atoms with van der Waals surface area (Å²) in [6.45, 7) is 4.10. The van der Waals surface area contributed by atoms with Gasteiger partial charge in [0.15, 0.2) is 0 Å². The number of hydrogen-bond acceptors (Lipinski definition) is 4. The Morgan fingerprint density at radius 3 is 2.12 bits per heavy atom. The first-order valence-corrected chi connectivity index (χ1v) is 11.1. The van der Waals surface area contributed by atoms with Gasteiger partial charge in [0.25, 0.3) is 11.8 Å². The number of methoxy groups -OCH3 is 1. The van der Waals surface area contributed by atoms with Crippen molar-refractivity contribution in [2.45, 2.75) is 26.4 Å². The Balaban J connectivity index is 1.70. The zero-order chi connectivity index (χ0) is 24.5. The summed E-state index contributed by atoms with van der Waals surface area (Å²) in [6.07, 6.45) is 0. The fraction of sp³-hybridized carbons (Fsp3) is 0.222. The number of hydrogen-bond donors (Lipinski definition) is 3. The molecule has 3 aromatic carbocycles. The molecular formula is C27H29N3O4. The van der Waals surface area contributed by atoms with Crippen LogP contribution in [-0.2, 0) is 11.3 Å². The zero-order valence-corrected chi connectivity index (χ0v) is 19.5. The minimum atomic E-state index is -0.735. The molecule has 3 amide bonds. The molecule has 0 aliphatic heterocycles. The van der Waals surface area contributed by atoms with Crippen LogP contribution >= 0.6 is 0 Å². The van der Waals surface area contributed by atoms with E-state index < -0.39 is 11.9 Å². The van der Waals surface area contributed by atoms with E-state index in [-0.39, 0.29) is 23.3 Å². The Bertz CT molecular complexity index is 1130. The number of para-hydroxylation sites is 1. The van der Waals surface area contributed by atoms with Crippen LogP contribution in [0, 0.1) is 5.92 Å². The van der Waals surface area contributed by atoms with E-state index >= 15 is 0 Å². The summed E-state index contributed by atoms with van der Waals surface area (Å²) in [5, 5.41) is 8.48. The summed E-state index contributed by atoms with van der Waals surface area (Å²) >= 11 is 0. The van der Waals surface area contributed by atoms with E-state index in [1.54, 1.807) is 55.6 Å². The van der Waals surface area contributed by atoms with Gasteiger partial charge in [0, 0.05) is 12.1 Å². The van der Waals surface area contributed by atoms with Gasteiger partial charge in [-0.2, -0.15) is 0 Å². The lowest BCUT2D eigenvalue weighted by Gasteiger charge is -2.22. The third-order valence-corrected chi connectivity index (χ3v) is 5.32. The van der Waals surface area contributed by atoms with Gasteiger partial charge in [-0.1, -0.05) is 56.3 Å². The number of ether oxygens (including phenoxy) is 1. The highest BCUT2D eigenvalue weighted by Crippen LogP contribution is 2.18. The monoisotopic (exact) mass is 459 g/mol. The third-order valence-electron chi connectivity index (χ3n) is 5.32. The van der Waals surface area contributed by atoms with E-state index in [1.807, 2.05) is 44.2 Å². The first-order valence-electron chi connectivity index (χ1n) is 11.1. The molecular weight excluding hydrogens is 430 g/mol. The SMILES string of the molecule is COc1ccc(C(=O)Nc2ccccc2C(=O)N[C@@H](C(=O)NCc2ccccc2)C(C)C)cc1. The molecule has 0 aliphatic carbocycles. The lowest BCUT2D eigenvalue weighted by molar-refractivity contribution is -0.124. The summed E-state index contributed by atoms with van der Waals surface area (Å²) in [5.74, 6) is -0.572. The topological polar surface area (TPSA) is 96.5 Å². The second-order valence-electron chi connectivity index (χ2n) is 8.13. The molecule has 0 unspecified atom stereocenters. The van der Waals surface area contributed by atoms with Crippen molar-refractivity contribution in [1.29, 1.82) is 0 Å². The van der Waals surface area contributed by atoms with Crippen molar-refractivity contribution in [3.63, 3.8) is 0 Å². The molecule has 3 rings (SSSR count). The van der Waals surface area contributed by atoms with Gasteiger partial charge in [-0.05, 0) is 47.9 Å². The maximum Gasteiger partial charge on any atom is 0.255 e. The Kier molecular flexibility index (Phi) is 8.40. The summed E-state index contributed by atoms with van der Waals surface area (Å²) < 4.78 is 5.12. The standard InChI is InChI=1S/C27H29N3O4/c1-18(2)24(27(33)28-17-19-9-5-4-6-10-19)30-26(32)22-11-7-8-12-23(22)29-25(31)20-13-15-21(34-3)16-14-20/h4-16,18,24H,17H2,1-3H3,(H,28,33)(H,29,31)(H,30,32)/t24-/m1/s1. The average molecular weight is 460 g/mol. The van der Waals surface area contributed by atoms with Crippen molar-refractivity contribution in [3.8, 4) is 5.75 Å². The molecule has 3 aromatic rings. The molecule has 0 heterocycles. The van der Waals surface area contributed by atoms with Gasteiger partial charge in [-0.15, -0.1) is 0 Å². The molecule has 34 heavy (non-hydrogen) atoms. The summed E-state index contributed by atoms with van der Waals surface area (Å²) in [4.78, 5) is 38.6. The fourth-order valence-corrected chi connectivity index (χ4v) is 3.38. The Hall–Kier alpha value is -4.13. The average Bonchev–Trinajstić information content (AvgIpc) is 2.86. The summed E-state index contributed by atoms with van der Waals surface area (Å²) in [7, 11) is 1.55. The minimum Gasteiger partial charge on any atom is -0.497 e. The molecule has 0 aromatic heterocycles. The van der Waals surface area contributed by atoms with E-state index in [2.05, 4.69) is 16.0 Å². The van der Waals surface area contributed by atoms with Gasteiger partial charge in [0.05, 0.1) is 18.4 Å². The number of carbonyl (C=O) groups excluding carboxylic acids is 3. The first-order chi connectivity index (χ1) is 16.4. The maximum atomic E-state index is 13.1. The molecule has 176 valence electrons. The smallest absolute Gasteiger partial charge is 0.255 e. The fourth-order valence-electron chi connectivity index (χ4n) is 3.38. The minimum absolute atomic E-state index is 0.138. The molecule has 3 N–H and O–H groups in total. The van der Waals surface area contributed by atoms with Crippen LogP contribution < -0.4 is 20.7 Å². The molecule has 7 nitrogen and oxygen atoms in total. The number of nitrogens with one attached hydrogen (secondary N) is 3. The second-order valence-corrected chi connectivity index (χ2v) is 8.13. The second kappa shape index (κ2) is 11.7. The third kappa shape index (κ3) is 6.45. The lowest BCUT2D eigenvalue weighted by atomic mass is 10.0. The van der Waals surface area contributed by atoms with Gasteiger partial charge in [0.1, 0.15) is 11.8 Å². The van der Waals surface area contributed by atoms with Gasteiger partial charge in [0.2, 0.25) is 5.91 Å². The van der Waals surface area contributed by atoms with Crippen LogP contribution in [0.4, 0.5) is 5.69 Å². The van der Waals surface area contributed by atoms with Crippen molar-refractivity contribution >= 4 is 23.4 Å². The van der Waals surface area contributed by atoms with Gasteiger partial charge in [-0.25, -0.2) is 0 Å². The van der Waals surface area contributed by atoms with Crippen LogP contribution in [0.2, 0.25) is 0 Å². The summed E-state index contributed by atoms with van der Waals surface area (Å²) in [5.41, 5.74) is 2.02. The van der Waals surface area contributed by atoms with E-state index in [0.717, 1.165) is 5.56 Å². The Morgan fingerprint density at radius 2 is 1.47 bits per heavy atom. The van der Waals surface area contributed by atoms with E-state index in [1.165, 1.54) is 0 Å². The van der Waals surface area contributed by atoms with Crippen molar-refractivity contribution in [1.82, 2.24) is 10.6 Å². The molecule has 0 saturated carbocycles. The van der Waals surface area contributed by atoms with Crippen LogP contribution in [0.15, 0.2) is 78.9 Å². The van der Waals surface area contributed by atoms with Crippen molar-refractivity contribution in [2.24, 2.45) is 5.92 Å². The van der Waals surface area contributed by atoms with E-state index in [0.29, 0.717) is 23.5 Å². The Morgan fingerprint density at radius 1 is 0.824 bits per heavy atom. The van der Waals surface area contributed by atoms with Crippen molar-refractivity contribution in [2.75, 3.05) is 12.4 Å². The van der Waals surface area contributed by atoms with E-state index in [9.17, 15) is 14.4 Å². The van der Waals surface area contributed by atoms with Crippen LogP contribution in [0.5, 0.6) is 5.75 Å². The molecule has 0 aliphatic rings. The highest BCUT2D eigenvalue weighted by molar-refractivity contribution is 6.09. The van der Waals surface area contributed by atoms with Gasteiger partial charge < -0.3 is 20.7 Å². The maximum absolute atomic E-state index is 13.1. The normalized spacial score (nSPS) is 11.4. The molecule has 0 radical (unpaired) electrons. The lowest BCUT2D eigenvalue weighted by Crippen LogP contribution is -2.49.